The number of methoxy groups -OCH3 is 2. The average molecular weight is 409 g/mol. The molecule has 158 valence electrons. The molecular weight excluding hydrogens is 382 g/mol. The second kappa shape index (κ2) is 9.09. The third-order valence-electron chi connectivity index (χ3n) is 5.45. The minimum absolute atomic E-state index is 0.0410. The molecule has 0 saturated carbocycles. The summed E-state index contributed by atoms with van der Waals surface area (Å²) in [4.78, 5) is 20.3. The van der Waals surface area contributed by atoms with Crippen LogP contribution in [0.2, 0.25) is 0 Å². The lowest BCUT2D eigenvalue weighted by atomic mass is 10.2. The van der Waals surface area contributed by atoms with Crippen molar-refractivity contribution in [2.24, 2.45) is 0 Å². The summed E-state index contributed by atoms with van der Waals surface area (Å²) in [5.74, 6) is 2.47. The predicted molar refractivity (Wildman–Crippen MR) is 116 cm³/mol. The summed E-state index contributed by atoms with van der Waals surface area (Å²) in [5.41, 5.74) is 1.56. The molecule has 1 aliphatic rings. The predicted octanol–water partition coefficient (Wildman–Crippen LogP) is 3.02. The first-order valence-corrected chi connectivity index (χ1v) is 10.1. The van der Waals surface area contributed by atoms with Gasteiger partial charge in [0.25, 0.3) is 5.91 Å². The van der Waals surface area contributed by atoms with Crippen LogP contribution in [-0.2, 0) is 0 Å². The number of nitrogens with one attached hydrogen (secondary N) is 1. The number of H-pyrrole nitrogens is 1. The molecule has 4 rings (SSSR count). The van der Waals surface area contributed by atoms with E-state index in [1.54, 1.807) is 14.2 Å². The van der Waals surface area contributed by atoms with Gasteiger partial charge in [-0.05, 0) is 48.5 Å². The summed E-state index contributed by atoms with van der Waals surface area (Å²) >= 11 is 0. The monoisotopic (exact) mass is 409 g/mol. The number of aromatic nitrogens is 1. The zero-order chi connectivity index (χ0) is 20.9. The molecule has 3 aromatic rings. The molecule has 0 spiro atoms. The molecule has 30 heavy (non-hydrogen) atoms. The molecule has 1 fully saturated rings. The van der Waals surface area contributed by atoms with Gasteiger partial charge in [0.15, 0.2) is 0 Å². The number of fused-ring (bicyclic) bond motifs is 1. The van der Waals surface area contributed by atoms with Crippen molar-refractivity contribution in [3.05, 3.63) is 54.2 Å². The van der Waals surface area contributed by atoms with E-state index in [4.69, 9.17) is 14.2 Å². The number of benzene rings is 2. The molecule has 2 aromatic carbocycles. The van der Waals surface area contributed by atoms with E-state index in [1.807, 2.05) is 53.4 Å². The van der Waals surface area contributed by atoms with Gasteiger partial charge in [0.1, 0.15) is 29.5 Å². The first-order chi connectivity index (χ1) is 14.7. The molecule has 2 heterocycles. The minimum atomic E-state index is 0.0410. The van der Waals surface area contributed by atoms with E-state index in [2.05, 4.69) is 9.88 Å². The Bertz CT molecular complexity index is 991. The summed E-state index contributed by atoms with van der Waals surface area (Å²) in [6.07, 6.45) is 0. The fourth-order valence-corrected chi connectivity index (χ4v) is 3.66. The third-order valence-corrected chi connectivity index (χ3v) is 5.45. The zero-order valence-corrected chi connectivity index (χ0v) is 17.4. The van der Waals surface area contributed by atoms with Crippen molar-refractivity contribution < 1.29 is 19.0 Å². The summed E-state index contributed by atoms with van der Waals surface area (Å²) in [5, 5.41) is 0.979. The number of nitrogens with zero attached hydrogens (tertiary/aromatic N) is 2. The Labute approximate surface area is 176 Å². The van der Waals surface area contributed by atoms with Crippen LogP contribution < -0.4 is 14.2 Å². The largest absolute Gasteiger partial charge is 0.497 e. The van der Waals surface area contributed by atoms with Crippen molar-refractivity contribution in [2.75, 3.05) is 53.6 Å². The van der Waals surface area contributed by atoms with E-state index >= 15 is 0 Å². The number of aromatic amines is 1. The van der Waals surface area contributed by atoms with Crippen LogP contribution in [-0.4, -0.2) is 74.2 Å². The first-order valence-electron chi connectivity index (χ1n) is 10.1. The van der Waals surface area contributed by atoms with Crippen molar-refractivity contribution in [2.45, 2.75) is 0 Å². The van der Waals surface area contributed by atoms with E-state index in [9.17, 15) is 4.79 Å². The molecule has 1 amide bonds. The quantitative estimate of drug-likeness (QED) is 0.650. The molecule has 0 unspecified atom stereocenters. The fourth-order valence-electron chi connectivity index (χ4n) is 3.66. The van der Waals surface area contributed by atoms with E-state index in [0.29, 0.717) is 25.4 Å². The third kappa shape index (κ3) is 4.52. The number of hydrogen-bond acceptors (Lipinski definition) is 5. The highest BCUT2D eigenvalue weighted by Gasteiger charge is 2.23. The van der Waals surface area contributed by atoms with Crippen LogP contribution in [0.1, 0.15) is 10.5 Å². The van der Waals surface area contributed by atoms with Crippen LogP contribution in [0.15, 0.2) is 48.5 Å². The topological polar surface area (TPSA) is 67.0 Å². The minimum Gasteiger partial charge on any atom is -0.497 e. The molecule has 7 nitrogen and oxygen atoms in total. The SMILES string of the molecule is COc1ccc(OCCN2CCN(C(=O)c3cc4cc(OC)ccc4[nH]3)CC2)cc1. The van der Waals surface area contributed by atoms with E-state index in [1.165, 1.54) is 0 Å². The first kappa shape index (κ1) is 20.1. The van der Waals surface area contributed by atoms with Gasteiger partial charge in [-0.15, -0.1) is 0 Å². The highest BCUT2D eigenvalue weighted by atomic mass is 16.5. The molecule has 7 heteroatoms. The van der Waals surface area contributed by atoms with Gasteiger partial charge in [-0.1, -0.05) is 0 Å². The standard InChI is InChI=1S/C23H27N3O4/c1-28-18-3-5-19(6-4-18)30-14-13-25-9-11-26(12-10-25)23(27)22-16-17-15-20(29-2)7-8-21(17)24-22/h3-8,15-16,24H,9-14H2,1-2H3. The van der Waals surface area contributed by atoms with Gasteiger partial charge in [-0.25, -0.2) is 0 Å². The van der Waals surface area contributed by atoms with Crippen LogP contribution in [0.25, 0.3) is 10.9 Å². The van der Waals surface area contributed by atoms with Gasteiger partial charge < -0.3 is 24.1 Å². The van der Waals surface area contributed by atoms with E-state index in [-0.39, 0.29) is 5.91 Å². The van der Waals surface area contributed by atoms with Gasteiger partial charge >= 0.3 is 0 Å². The lowest BCUT2D eigenvalue weighted by Gasteiger charge is -2.34. The van der Waals surface area contributed by atoms with Crippen molar-refractivity contribution in [3.63, 3.8) is 0 Å². The molecule has 1 N–H and O–H groups in total. The molecule has 1 saturated heterocycles. The molecular formula is C23H27N3O4. The molecule has 0 bridgehead atoms. The molecule has 0 aliphatic carbocycles. The maximum atomic E-state index is 12.9. The Kier molecular flexibility index (Phi) is 6.09. The number of carbonyl (C=O) groups excluding carboxylic acids is 1. The smallest absolute Gasteiger partial charge is 0.270 e. The van der Waals surface area contributed by atoms with Crippen LogP contribution in [0.4, 0.5) is 0 Å². The van der Waals surface area contributed by atoms with E-state index in [0.717, 1.165) is 47.8 Å². The lowest BCUT2D eigenvalue weighted by molar-refractivity contribution is 0.0615. The molecule has 0 radical (unpaired) electrons. The van der Waals surface area contributed by atoms with Crippen molar-refractivity contribution >= 4 is 16.8 Å². The van der Waals surface area contributed by atoms with Crippen LogP contribution >= 0.6 is 0 Å². The maximum absolute atomic E-state index is 12.9. The Morgan fingerprint density at radius 1 is 0.900 bits per heavy atom. The summed E-state index contributed by atoms with van der Waals surface area (Å²) in [6.45, 7) is 4.54. The van der Waals surface area contributed by atoms with Crippen LogP contribution in [0, 0.1) is 0 Å². The lowest BCUT2D eigenvalue weighted by Crippen LogP contribution is -2.49. The molecule has 1 aromatic heterocycles. The second-order valence-corrected chi connectivity index (χ2v) is 7.29. The van der Waals surface area contributed by atoms with Crippen molar-refractivity contribution in [1.82, 2.24) is 14.8 Å². The van der Waals surface area contributed by atoms with Crippen molar-refractivity contribution in [3.8, 4) is 17.2 Å². The van der Waals surface area contributed by atoms with Gasteiger partial charge in [-0.3, -0.25) is 9.69 Å². The van der Waals surface area contributed by atoms with Gasteiger partial charge in [-0.2, -0.15) is 0 Å². The zero-order valence-electron chi connectivity index (χ0n) is 17.4. The summed E-state index contributed by atoms with van der Waals surface area (Å²) in [6, 6.07) is 15.3. The highest BCUT2D eigenvalue weighted by molar-refractivity contribution is 5.98. The number of ether oxygens (including phenoxy) is 3. The Morgan fingerprint density at radius 2 is 1.57 bits per heavy atom. The Balaban J connectivity index is 1.26. The number of amides is 1. The second-order valence-electron chi connectivity index (χ2n) is 7.29. The fraction of sp³-hybridized carbons (Fsp3) is 0.348. The van der Waals surface area contributed by atoms with Gasteiger partial charge in [0.05, 0.1) is 14.2 Å². The Morgan fingerprint density at radius 3 is 2.27 bits per heavy atom. The Hall–Kier alpha value is -3.19. The van der Waals surface area contributed by atoms with Gasteiger partial charge in [0.2, 0.25) is 0 Å². The number of carbonyl (C=O) groups is 1. The summed E-state index contributed by atoms with van der Waals surface area (Å²) in [7, 11) is 3.29. The number of piperazine rings is 1. The van der Waals surface area contributed by atoms with Crippen molar-refractivity contribution in [1.29, 1.82) is 0 Å². The van der Waals surface area contributed by atoms with Crippen LogP contribution in [0.5, 0.6) is 17.2 Å². The van der Waals surface area contributed by atoms with E-state index < -0.39 is 0 Å². The van der Waals surface area contributed by atoms with Crippen LogP contribution in [0.3, 0.4) is 0 Å². The van der Waals surface area contributed by atoms with Gasteiger partial charge in [0, 0.05) is 43.6 Å². The highest BCUT2D eigenvalue weighted by Crippen LogP contribution is 2.22. The molecule has 1 aliphatic heterocycles. The number of hydrogen-bond donors (Lipinski definition) is 1. The maximum Gasteiger partial charge on any atom is 0.270 e. The average Bonchev–Trinajstić information content (AvgIpc) is 3.23. The number of rotatable bonds is 7. The normalized spacial score (nSPS) is 14.7. The molecule has 0 atom stereocenters. The summed E-state index contributed by atoms with van der Waals surface area (Å²) < 4.78 is 16.2.